The number of carbonyl (C=O) groups excluding carboxylic acids is 1. The molecule has 1 fully saturated rings. The first-order valence-corrected chi connectivity index (χ1v) is 15.1. The number of carbonyl (C=O) groups is 2. The summed E-state index contributed by atoms with van der Waals surface area (Å²) in [5.74, 6) is 1.55. The van der Waals surface area contributed by atoms with Crippen molar-refractivity contribution in [1.82, 2.24) is 14.4 Å². The summed E-state index contributed by atoms with van der Waals surface area (Å²) in [4.78, 5) is 42.6. The molecule has 11 nitrogen and oxygen atoms in total. The van der Waals surface area contributed by atoms with E-state index in [1.54, 1.807) is 42.0 Å². The Labute approximate surface area is 260 Å². The number of nitrogens with one attached hydrogen (secondary N) is 1. The fourth-order valence-corrected chi connectivity index (χ4v) is 6.06. The van der Waals surface area contributed by atoms with Gasteiger partial charge in [-0.15, -0.1) is 0 Å². The maximum Gasteiger partial charge on any atom is 0.407 e. The number of benzene rings is 3. The van der Waals surface area contributed by atoms with Crippen LogP contribution in [0.5, 0.6) is 17.2 Å². The summed E-state index contributed by atoms with van der Waals surface area (Å²) < 4.78 is 18.4. The van der Waals surface area contributed by atoms with Gasteiger partial charge >= 0.3 is 6.09 Å². The smallest absolute Gasteiger partial charge is 0.407 e. The molecule has 2 amide bonds. The second kappa shape index (κ2) is 13.3. The molecule has 2 aliphatic heterocycles. The van der Waals surface area contributed by atoms with Crippen LogP contribution in [0.3, 0.4) is 0 Å². The highest BCUT2D eigenvalue weighted by molar-refractivity contribution is 6.12. The van der Waals surface area contributed by atoms with Crippen molar-refractivity contribution >= 4 is 28.6 Å². The largest absolute Gasteiger partial charge is 0.497 e. The first kappa shape index (κ1) is 30.0. The number of carboxylic acid groups (broad SMARTS) is 1. The van der Waals surface area contributed by atoms with Crippen LogP contribution < -0.4 is 25.1 Å². The van der Waals surface area contributed by atoms with Gasteiger partial charge in [-0.05, 0) is 54.8 Å². The van der Waals surface area contributed by atoms with Crippen LogP contribution >= 0.6 is 0 Å². The van der Waals surface area contributed by atoms with Gasteiger partial charge in [0, 0.05) is 62.0 Å². The zero-order valence-electron chi connectivity index (χ0n) is 25.1. The number of nitrogens with zero attached hydrogens (tertiary/aromatic N) is 3. The van der Waals surface area contributed by atoms with Crippen molar-refractivity contribution in [2.24, 2.45) is 0 Å². The topological polar surface area (TPSA) is 123 Å². The molecule has 0 radical (unpaired) electrons. The van der Waals surface area contributed by atoms with E-state index in [1.807, 2.05) is 36.4 Å². The minimum atomic E-state index is -0.952. The fraction of sp³-hybridized carbons (Fsp3) is 0.324. The summed E-state index contributed by atoms with van der Waals surface area (Å²) in [5.41, 5.74) is 2.13. The van der Waals surface area contributed by atoms with Gasteiger partial charge in [-0.3, -0.25) is 9.59 Å². The molecule has 4 aromatic rings. The number of likely N-dealkylation sites (tertiary alicyclic amines) is 1. The van der Waals surface area contributed by atoms with Gasteiger partial charge in [0.15, 0.2) is 11.5 Å². The van der Waals surface area contributed by atoms with Crippen molar-refractivity contribution < 1.29 is 28.9 Å². The second-order valence-electron chi connectivity index (χ2n) is 11.2. The molecule has 3 aromatic carbocycles. The molecule has 0 saturated carbocycles. The highest BCUT2D eigenvalue weighted by Crippen LogP contribution is 2.32. The van der Waals surface area contributed by atoms with Crippen molar-refractivity contribution in [2.75, 3.05) is 45.3 Å². The number of fused-ring (bicyclic) bond motifs is 2. The Bertz CT molecular complexity index is 1750. The van der Waals surface area contributed by atoms with Crippen molar-refractivity contribution in [1.29, 1.82) is 0 Å². The van der Waals surface area contributed by atoms with Gasteiger partial charge in [-0.1, -0.05) is 24.3 Å². The molecule has 2 N–H and O–H groups in total. The first-order chi connectivity index (χ1) is 21.9. The Balaban J connectivity index is 1.13. The van der Waals surface area contributed by atoms with Crippen LogP contribution in [0.25, 0.3) is 10.9 Å². The number of para-hydroxylation sites is 1. The molecule has 0 unspecified atom stereocenters. The number of rotatable bonds is 9. The average molecular weight is 613 g/mol. The molecule has 234 valence electrons. The third-order valence-corrected chi connectivity index (χ3v) is 8.44. The van der Waals surface area contributed by atoms with Gasteiger partial charge in [-0.2, -0.15) is 0 Å². The molecule has 1 aromatic heterocycles. The molecule has 3 heterocycles. The van der Waals surface area contributed by atoms with Gasteiger partial charge in [0.05, 0.1) is 18.2 Å². The monoisotopic (exact) mass is 612 g/mol. The summed E-state index contributed by atoms with van der Waals surface area (Å²) in [6, 6.07) is 21.3. The molecule has 2 aliphatic rings. The number of anilines is 1. The van der Waals surface area contributed by atoms with E-state index in [0.29, 0.717) is 91.6 Å². The highest BCUT2D eigenvalue weighted by Gasteiger charge is 2.28. The van der Waals surface area contributed by atoms with E-state index in [9.17, 15) is 19.5 Å². The van der Waals surface area contributed by atoms with Crippen LogP contribution in [-0.2, 0) is 13.1 Å². The van der Waals surface area contributed by atoms with Gasteiger partial charge in [0.1, 0.15) is 19.0 Å². The predicted octanol–water partition coefficient (Wildman–Crippen LogP) is 4.68. The predicted molar refractivity (Wildman–Crippen MR) is 170 cm³/mol. The molecular weight excluding hydrogens is 576 g/mol. The molecule has 11 heteroatoms. The molecule has 0 atom stereocenters. The minimum absolute atomic E-state index is 0.123. The van der Waals surface area contributed by atoms with Crippen LogP contribution in [0.4, 0.5) is 10.5 Å². The van der Waals surface area contributed by atoms with Crippen LogP contribution in [0.1, 0.15) is 28.8 Å². The van der Waals surface area contributed by atoms with E-state index in [2.05, 4.69) is 10.2 Å². The van der Waals surface area contributed by atoms with E-state index in [1.165, 1.54) is 11.0 Å². The molecule has 0 aliphatic carbocycles. The number of piperidine rings is 1. The fourth-order valence-electron chi connectivity index (χ4n) is 6.06. The van der Waals surface area contributed by atoms with Crippen molar-refractivity contribution in [3.8, 4) is 17.2 Å². The van der Waals surface area contributed by atoms with Crippen LogP contribution in [0.2, 0.25) is 0 Å². The Morgan fingerprint density at radius 2 is 1.71 bits per heavy atom. The summed E-state index contributed by atoms with van der Waals surface area (Å²) in [6.45, 7) is 3.65. The Morgan fingerprint density at radius 3 is 2.44 bits per heavy atom. The lowest BCUT2D eigenvalue weighted by molar-refractivity contribution is 0.0855. The van der Waals surface area contributed by atoms with Crippen molar-refractivity contribution in [3.05, 3.63) is 94.3 Å². The number of hydrogen-bond acceptors (Lipinski definition) is 7. The summed E-state index contributed by atoms with van der Waals surface area (Å²) in [5, 5.41) is 13.6. The van der Waals surface area contributed by atoms with E-state index >= 15 is 0 Å². The van der Waals surface area contributed by atoms with Gasteiger partial charge in [-0.25, -0.2) is 4.79 Å². The van der Waals surface area contributed by atoms with Crippen LogP contribution in [0, 0.1) is 0 Å². The standard InChI is InChI=1S/C34H36N4O7/c1-43-26-8-9-27-28(33(40)35-24-5-3-2-4-6-24)21-32(39)37(29(27)20-26)16-15-36-13-11-25(12-14-36)38(34(41)42)22-23-7-10-30-31(19-23)45-18-17-44-30/h2-10,19-21,25H,11-18,22H2,1H3,(H,35,40)(H,41,42). The number of aromatic nitrogens is 1. The number of hydrogen-bond donors (Lipinski definition) is 2. The number of pyridine rings is 1. The zero-order valence-corrected chi connectivity index (χ0v) is 25.1. The van der Waals surface area contributed by atoms with Gasteiger partial charge in [0.25, 0.3) is 11.5 Å². The Kier molecular flexibility index (Phi) is 8.88. The maximum absolute atomic E-state index is 13.4. The van der Waals surface area contributed by atoms with E-state index in [4.69, 9.17) is 14.2 Å². The Hall–Kier alpha value is -5.03. The number of ether oxygens (including phenoxy) is 3. The molecular formula is C34H36N4O7. The second-order valence-corrected chi connectivity index (χ2v) is 11.2. The SMILES string of the molecule is COc1ccc2c(C(=O)Nc3ccccc3)cc(=O)n(CCN3CCC(N(Cc4ccc5c(c4)OCCO5)C(=O)O)CC3)c2c1. The molecule has 1 saturated heterocycles. The highest BCUT2D eigenvalue weighted by atomic mass is 16.6. The summed E-state index contributed by atoms with van der Waals surface area (Å²) >= 11 is 0. The molecule has 0 spiro atoms. The van der Waals surface area contributed by atoms with E-state index in [0.717, 1.165) is 5.56 Å². The van der Waals surface area contributed by atoms with E-state index in [-0.39, 0.29) is 24.1 Å². The molecule has 0 bridgehead atoms. The number of methoxy groups -OCH3 is 1. The molecule has 6 rings (SSSR count). The van der Waals surface area contributed by atoms with Crippen molar-refractivity contribution in [2.45, 2.75) is 32.0 Å². The van der Waals surface area contributed by atoms with Gasteiger partial charge in [0.2, 0.25) is 0 Å². The Morgan fingerprint density at radius 1 is 0.956 bits per heavy atom. The lowest BCUT2D eigenvalue weighted by atomic mass is 10.0. The zero-order chi connectivity index (χ0) is 31.3. The third-order valence-electron chi connectivity index (χ3n) is 8.44. The minimum Gasteiger partial charge on any atom is -0.497 e. The quantitative estimate of drug-likeness (QED) is 0.280. The lowest BCUT2D eigenvalue weighted by Gasteiger charge is -2.37. The van der Waals surface area contributed by atoms with Gasteiger partial charge < -0.3 is 39.0 Å². The number of amides is 2. The van der Waals surface area contributed by atoms with E-state index < -0.39 is 6.09 Å². The lowest BCUT2D eigenvalue weighted by Crippen LogP contribution is -2.47. The summed E-state index contributed by atoms with van der Waals surface area (Å²) in [6.07, 6.45) is 0.407. The molecule has 45 heavy (non-hydrogen) atoms. The van der Waals surface area contributed by atoms with Crippen molar-refractivity contribution in [3.63, 3.8) is 0 Å². The third kappa shape index (κ3) is 6.73. The first-order valence-electron chi connectivity index (χ1n) is 15.1. The van der Waals surface area contributed by atoms with Crippen LogP contribution in [0.15, 0.2) is 77.6 Å². The summed E-state index contributed by atoms with van der Waals surface area (Å²) in [7, 11) is 1.56. The van der Waals surface area contributed by atoms with Crippen LogP contribution in [-0.4, -0.2) is 77.5 Å². The maximum atomic E-state index is 13.4. The normalized spacial score (nSPS) is 15.0. The average Bonchev–Trinajstić information content (AvgIpc) is 3.06.